The van der Waals surface area contributed by atoms with E-state index in [1.165, 1.54) is 5.56 Å². The van der Waals surface area contributed by atoms with Gasteiger partial charge in [0.05, 0.1) is 17.1 Å². The Bertz CT molecular complexity index is 1050. The first-order valence-corrected chi connectivity index (χ1v) is 8.65. The van der Waals surface area contributed by atoms with Crippen molar-refractivity contribution in [2.24, 2.45) is 0 Å². The minimum Gasteiger partial charge on any atom is -0.507 e. The molecule has 3 nitrogen and oxygen atoms in total. The fourth-order valence-corrected chi connectivity index (χ4v) is 3.27. The van der Waals surface area contributed by atoms with Crippen LogP contribution in [0.2, 0.25) is 0 Å². The fourth-order valence-electron chi connectivity index (χ4n) is 3.27. The van der Waals surface area contributed by atoms with Gasteiger partial charge < -0.3 is 5.11 Å². The first-order chi connectivity index (χ1) is 12.6. The standard InChI is InChI=1S/C23H20N2O/c1-16-12-14-19(15-13-16)25-23(18-8-4-3-5-9-18)22(17(2)24-25)20-10-6-7-11-21(20)26/h3-15,26H,1-2H3. The van der Waals surface area contributed by atoms with Crippen molar-refractivity contribution in [2.75, 3.05) is 0 Å². The van der Waals surface area contributed by atoms with Crippen molar-refractivity contribution in [1.29, 1.82) is 0 Å². The summed E-state index contributed by atoms with van der Waals surface area (Å²) in [5, 5.41) is 15.2. The molecular formula is C23H20N2O. The summed E-state index contributed by atoms with van der Waals surface area (Å²) >= 11 is 0. The van der Waals surface area contributed by atoms with Crippen LogP contribution in [0.15, 0.2) is 78.9 Å². The zero-order chi connectivity index (χ0) is 18.1. The topological polar surface area (TPSA) is 38.0 Å². The molecule has 0 spiro atoms. The van der Waals surface area contributed by atoms with Crippen LogP contribution >= 0.6 is 0 Å². The summed E-state index contributed by atoms with van der Waals surface area (Å²) in [5.41, 5.74) is 6.88. The number of aromatic hydroxyl groups is 1. The zero-order valence-corrected chi connectivity index (χ0v) is 14.8. The van der Waals surface area contributed by atoms with E-state index in [1.807, 2.05) is 48.0 Å². The molecule has 0 saturated heterocycles. The molecule has 0 aliphatic carbocycles. The summed E-state index contributed by atoms with van der Waals surface area (Å²) in [6, 6.07) is 25.9. The molecule has 4 rings (SSSR count). The number of para-hydroxylation sites is 1. The lowest BCUT2D eigenvalue weighted by molar-refractivity contribution is 0.477. The third-order valence-corrected chi connectivity index (χ3v) is 4.56. The molecular weight excluding hydrogens is 320 g/mol. The van der Waals surface area contributed by atoms with Crippen molar-refractivity contribution in [3.05, 3.63) is 90.1 Å². The number of rotatable bonds is 3. The molecule has 0 fully saturated rings. The Balaban J connectivity index is 2.04. The molecule has 1 heterocycles. The summed E-state index contributed by atoms with van der Waals surface area (Å²) in [6.07, 6.45) is 0. The van der Waals surface area contributed by atoms with E-state index in [9.17, 15) is 5.11 Å². The van der Waals surface area contributed by atoms with E-state index in [0.29, 0.717) is 0 Å². The summed E-state index contributed by atoms with van der Waals surface area (Å²) in [6.45, 7) is 4.06. The van der Waals surface area contributed by atoms with Gasteiger partial charge in [0, 0.05) is 16.7 Å². The number of aryl methyl sites for hydroxylation is 2. The highest BCUT2D eigenvalue weighted by Gasteiger charge is 2.21. The van der Waals surface area contributed by atoms with Gasteiger partial charge in [0.25, 0.3) is 0 Å². The number of phenolic OH excluding ortho intramolecular Hbond substituents is 1. The van der Waals surface area contributed by atoms with Gasteiger partial charge in [-0.3, -0.25) is 0 Å². The summed E-state index contributed by atoms with van der Waals surface area (Å²) in [7, 11) is 0. The Morgan fingerprint density at radius 3 is 2.12 bits per heavy atom. The molecule has 128 valence electrons. The van der Waals surface area contributed by atoms with Gasteiger partial charge in [-0.1, -0.05) is 66.2 Å². The van der Waals surface area contributed by atoms with E-state index in [-0.39, 0.29) is 5.75 Å². The van der Waals surface area contributed by atoms with E-state index >= 15 is 0 Å². The third kappa shape index (κ3) is 2.78. The quantitative estimate of drug-likeness (QED) is 0.532. The molecule has 0 aliphatic rings. The van der Waals surface area contributed by atoms with Crippen molar-refractivity contribution >= 4 is 0 Å². The number of hydrogen-bond donors (Lipinski definition) is 1. The maximum absolute atomic E-state index is 10.4. The first kappa shape index (κ1) is 16.2. The van der Waals surface area contributed by atoms with E-state index < -0.39 is 0 Å². The Morgan fingerprint density at radius 2 is 1.42 bits per heavy atom. The molecule has 0 amide bonds. The molecule has 4 aromatic rings. The van der Waals surface area contributed by atoms with Gasteiger partial charge in [-0.05, 0) is 32.0 Å². The van der Waals surface area contributed by atoms with Crippen LogP contribution in [0.25, 0.3) is 28.1 Å². The van der Waals surface area contributed by atoms with Crippen LogP contribution in [0, 0.1) is 13.8 Å². The summed E-state index contributed by atoms with van der Waals surface area (Å²) < 4.78 is 1.96. The highest BCUT2D eigenvalue weighted by molar-refractivity contribution is 5.86. The highest BCUT2D eigenvalue weighted by Crippen LogP contribution is 2.40. The van der Waals surface area contributed by atoms with Crippen molar-refractivity contribution in [3.63, 3.8) is 0 Å². The van der Waals surface area contributed by atoms with E-state index in [2.05, 4.69) is 43.3 Å². The fraction of sp³-hybridized carbons (Fsp3) is 0.0870. The van der Waals surface area contributed by atoms with Crippen LogP contribution < -0.4 is 0 Å². The van der Waals surface area contributed by atoms with E-state index in [0.717, 1.165) is 33.8 Å². The highest BCUT2D eigenvalue weighted by atomic mass is 16.3. The monoisotopic (exact) mass is 340 g/mol. The Kier molecular flexibility index (Phi) is 4.05. The largest absolute Gasteiger partial charge is 0.507 e. The minimum absolute atomic E-state index is 0.260. The van der Waals surface area contributed by atoms with Gasteiger partial charge in [-0.25, -0.2) is 4.68 Å². The van der Waals surface area contributed by atoms with Gasteiger partial charge in [-0.15, -0.1) is 0 Å². The zero-order valence-electron chi connectivity index (χ0n) is 14.8. The molecule has 26 heavy (non-hydrogen) atoms. The predicted molar refractivity (Wildman–Crippen MR) is 106 cm³/mol. The second kappa shape index (κ2) is 6.52. The average Bonchev–Trinajstić information content (AvgIpc) is 3.00. The lowest BCUT2D eigenvalue weighted by Gasteiger charge is -2.11. The lowest BCUT2D eigenvalue weighted by Crippen LogP contribution is -1.99. The van der Waals surface area contributed by atoms with Crippen molar-refractivity contribution in [1.82, 2.24) is 9.78 Å². The second-order valence-electron chi connectivity index (χ2n) is 6.44. The number of aromatic nitrogens is 2. The summed E-state index contributed by atoms with van der Waals surface area (Å²) in [4.78, 5) is 0. The molecule has 0 radical (unpaired) electrons. The number of hydrogen-bond acceptors (Lipinski definition) is 2. The second-order valence-corrected chi connectivity index (χ2v) is 6.44. The SMILES string of the molecule is Cc1ccc(-n2nc(C)c(-c3ccccc3O)c2-c2ccccc2)cc1. The predicted octanol–water partition coefficient (Wildman–Crippen LogP) is 5.53. The Morgan fingerprint density at radius 1 is 0.769 bits per heavy atom. The maximum Gasteiger partial charge on any atom is 0.123 e. The molecule has 0 atom stereocenters. The molecule has 1 N–H and O–H groups in total. The minimum atomic E-state index is 0.260. The molecule has 3 heteroatoms. The van der Waals surface area contributed by atoms with Gasteiger partial charge in [0.2, 0.25) is 0 Å². The van der Waals surface area contributed by atoms with E-state index in [4.69, 9.17) is 5.10 Å². The molecule has 1 aromatic heterocycles. The van der Waals surface area contributed by atoms with Gasteiger partial charge in [0.1, 0.15) is 5.75 Å². The maximum atomic E-state index is 10.4. The van der Waals surface area contributed by atoms with Crippen LogP contribution in [0.4, 0.5) is 0 Å². The Hall–Kier alpha value is -3.33. The van der Waals surface area contributed by atoms with Crippen LogP contribution in [-0.2, 0) is 0 Å². The molecule has 0 saturated carbocycles. The number of phenols is 1. The molecule has 0 aliphatic heterocycles. The smallest absolute Gasteiger partial charge is 0.123 e. The normalized spacial score (nSPS) is 10.8. The van der Waals surface area contributed by atoms with Crippen LogP contribution in [0.3, 0.4) is 0 Å². The van der Waals surface area contributed by atoms with Gasteiger partial charge in [0.15, 0.2) is 0 Å². The third-order valence-electron chi connectivity index (χ3n) is 4.56. The van der Waals surface area contributed by atoms with Crippen molar-refractivity contribution < 1.29 is 5.11 Å². The van der Waals surface area contributed by atoms with Crippen molar-refractivity contribution in [3.8, 4) is 33.8 Å². The van der Waals surface area contributed by atoms with Gasteiger partial charge in [-0.2, -0.15) is 5.10 Å². The molecule has 0 unspecified atom stereocenters. The first-order valence-electron chi connectivity index (χ1n) is 8.65. The van der Waals surface area contributed by atoms with Crippen LogP contribution in [0.1, 0.15) is 11.3 Å². The van der Waals surface area contributed by atoms with Crippen LogP contribution in [0.5, 0.6) is 5.75 Å². The number of nitrogens with zero attached hydrogens (tertiary/aromatic N) is 2. The van der Waals surface area contributed by atoms with Gasteiger partial charge >= 0.3 is 0 Å². The van der Waals surface area contributed by atoms with Crippen molar-refractivity contribution in [2.45, 2.75) is 13.8 Å². The molecule has 3 aromatic carbocycles. The Labute approximate surface area is 153 Å². The van der Waals surface area contributed by atoms with Crippen LogP contribution in [-0.4, -0.2) is 14.9 Å². The molecule has 0 bridgehead atoms. The number of benzene rings is 3. The lowest BCUT2D eigenvalue weighted by atomic mass is 9.98. The summed E-state index contributed by atoms with van der Waals surface area (Å²) in [5.74, 6) is 0.260. The average molecular weight is 340 g/mol. The van der Waals surface area contributed by atoms with E-state index in [1.54, 1.807) is 6.07 Å².